The highest BCUT2D eigenvalue weighted by Gasteiger charge is 2.22. The summed E-state index contributed by atoms with van der Waals surface area (Å²) in [6, 6.07) is 10.3. The van der Waals surface area contributed by atoms with E-state index >= 15 is 0 Å². The minimum atomic E-state index is 0.296. The standard InChI is InChI=1S/C19H27N3O/c20-13-17-7-2-3-8-18(17)14-22-11-6-12-23-19(16-22)15-21-9-4-1-5-10-21/h2-3,7-8,19H,1,4-6,9-12,14-16H2/t19-/m1/s1. The number of likely N-dealkylation sites (tertiary alicyclic amines) is 1. The van der Waals surface area contributed by atoms with Gasteiger partial charge in [-0.3, -0.25) is 4.90 Å². The summed E-state index contributed by atoms with van der Waals surface area (Å²) >= 11 is 0. The Labute approximate surface area is 139 Å². The molecule has 0 saturated carbocycles. The predicted octanol–water partition coefficient (Wildman–Crippen LogP) is 2.64. The largest absolute Gasteiger partial charge is 0.376 e. The molecular formula is C19H27N3O. The van der Waals surface area contributed by atoms with Crippen molar-refractivity contribution < 1.29 is 4.74 Å². The van der Waals surface area contributed by atoms with Gasteiger partial charge < -0.3 is 9.64 Å². The predicted molar refractivity (Wildman–Crippen MR) is 91.1 cm³/mol. The van der Waals surface area contributed by atoms with Crippen LogP contribution in [0, 0.1) is 11.3 Å². The lowest BCUT2D eigenvalue weighted by molar-refractivity contribution is 0.0217. The van der Waals surface area contributed by atoms with E-state index in [1.807, 2.05) is 18.2 Å². The van der Waals surface area contributed by atoms with Crippen LogP contribution in [0.3, 0.4) is 0 Å². The Hall–Kier alpha value is -1.41. The third-order valence-corrected chi connectivity index (χ3v) is 4.88. The number of nitrogens with zero attached hydrogens (tertiary/aromatic N) is 3. The molecule has 0 spiro atoms. The molecule has 0 aromatic heterocycles. The Morgan fingerprint density at radius 3 is 2.65 bits per heavy atom. The molecule has 2 aliphatic heterocycles. The van der Waals surface area contributed by atoms with E-state index in [4.69, 9.17) is 4.74 Å². The lowest BCUT2D eigenvalue weighted by Crippen LogP contribution is -2.42. The highest BCUT2D eigenvalue weighted by atomic mass is 16.5. The molecule has 0 N–H and O–H groups in total. The van der Waals surface area contributed by atoms with Crippen molar-refractivity contribution >= 4 is 0 Å². The Kier molecular flexibility index (Phi) is 6.04. The van der Waals surface area contributed by atoms with Crippen molar-refractivity contribution in [2.24, 2.45) is 0 Å². The second-order valence-corrected chi connectivity index (χ2v) is 6.71. The molecule has 2 aliphatic rings. The Balaban J connectivity index is 1.59. The van der Waals surface area contributed by atoms with Crippen molar-refractivity contribution in [1.82, 2.24) is 9.80 Å². The minimum Gasteiger partial charge on any atom is -0.376 e. The molecule has 0 bridgehead atoms. The summed E-state index contributed by atoms with van der Waals surface area (Å²) in [5.74, 6) is 0. The molecule has 0 amide bonds. The summed E-state index contributed by atoms with van der Waals surface area (Å²) in [7, 11) is 0. The lowest BCUT2D eigenvalue weighted by atomic mass is 10.1. The van der Waals surface area contributed by atoms with Gasteiger partial charge in [0.2, 0.25) is 0 Å². The summed E-state index contributed by atoms with van der Waals surface area (Å²) in [6.07, 6.45) is 5.40. The smallest absolute Gasteiger partial charge is 0.0995 e. The minimum absolute atomic E-state index is 0.296. The fourth-order valence-corrected chi connectivity index (χ4v) is 3.66. The average Bonchev–Trinajstić information content (AvgIpc) is 2.81. The van der Waals surface area contributed by atoms with Crippen LogP contribution in [0.4, 0.5) is 0 Å². The molecule has 2 heterocycles. The van der Waals surface area contributed by atoms with Crippen LogP contribution in [0.2, 0.25) is 0 Å². The maximum Gasteiger partial charge on any atom is 0.0995 e. The molecule has 1 aromatic rings. The molecule has 1 aromatic carbocycles. The van der Waals surface area contributed by atoms with Crippen molar-refractivity contribution in [3.63, 3.8) is 0 Å². The third-order valence-electron chi connectivity index (χ3n) is 4.88. The first-order valence-corrected chi connectivity index (χ1v) is 8.89. The van der Waals surface area contributed by atoms with Crippen molar-refractivity contribution in [3.05, 3.63) is 35.4 Å². The summed E-state index contributed by atoms with van der Waals surface area (Å²) in [5.41, 5.74) is 1.93. The lowest BCUT2D eigenvalue weighted by Gasteiger charge is -2.31. The van der Waals surface area contributed by atoms with E-state index in [0.717, 1.165) is 50.3 Å². The first-order chi connectivity index (χ1) is 11.3. The van der Waals surface area contributed by atoms with E-state index in [1.54, 1.807) is 0 Å². The second kappa shape index (κ2) is 8.44. The van der Waals surface area contributed by atoms with Crippen LogP contribution >= 0.6 is 0 Å². The maximum atomic E-state index is 9.27. The van der Waals surface area contributed by atoms with E-state index < -0.39 is 0 Å². The van der Waals surface area contributed by atoms with Gasteiger partial charge in [0.25, 0.3) is 0 Å². The average molecular weight is 313 g/mol. The molecule has 4 heteroatoms. The van der Waals surface area contributed by atoms with Crippen LogP contribution in [-0.2, 0) is 11.3 Å². The van der Waals surface area contributed by atoms with Crippen LogP contribution in [0.25, 0.3) is 0 Å². The molecule has 0 unspecified atom stereocenters. The van der Waals surface area contributed by atoms with Crippen molar-refractivity contribution in [3.8, 4) is 6.07 Å². The summed E-state index contributed by atoms with van der Waals surface area (Å²) in [6.45, 7) is 7.22. The van der Waals surface area contributed by atoms with Gasteiger partial charge in [0.15, 0.2) is 0 Å². The van der Waals surface area contributed by atoms with E-state index in [9.17, 15) is 5.26 Å². The van der Waals surface area contributed by atoms with Crippen molar-refractivity contribution in [2.75, 3.05) is 39.3 Å². The van der Waals surface area contributed by atoms with Crippen LogP contribution in [0.5, 0.6) is 0 Å². The summed E-state index contributed by atoms with van der Waals surface area (Å²) in [4.78, 5) is 5.01. The molecule has 1 atom stereocenters. The normalized spacial score (nSPS) is 24.0. The van der Waals surface area contributed by atoms with Gasteiger partial charge in [0.1, 0.15) is 0 Å². The van der Waals surface area contributed by atoms with E-state index in [0.29, 0.717) is 6.10 Å². The first-order valence-electron chi connectivity index (χ1n) is 8.89. The number of piperidine rings is 1. The monoisotopic (exact) mass is 313 g/mol. The van der Waals surface area contributed by atoms with Gasteiger partial charge in [0, 0.05) is 32.8 Å². The van der Waals surface area contributed by atoms with Crippen LogP contribution < -0.4 is 0 Å². The van der Waals surface area contributed by atoms with Gasteiger partial charge >= 0.3 is 0 Å². The van der Waals surface area contributed by atoms with Crippen molar-refractivity contribution in [1.29, 1.82) is 5.26 Å². The zero-order chi connectivity index (χ0) is 15.9. The Morgan fingerprint density at radius 1 is 1.04 bits per heavy atom. The third kappa shape index (κ3) is 4.78. The molecule has 2 saturated heterocycles. The quantitative estimate of drug-likeness (QED) is 0.857. The first kappa shape index (κ1) is 16.4. The van der Waals surface area contributed by atoms with Gasteiger partial charge in [-0.05, 0) is 44.0 Å². The molecule has 4 nitrogen and oxygen atoms in total. The molecule has 23 heavy (non-hydrogen) atoms. The molecule has 3 rings (SSSR count). The highest BCUT2D eigenvalue weighted by Crippen LogP contribution is 2.16. The Bertz CT molecular complexity index is 534. The van der Waals surface area contributed by atoms with Gasteiger partial charge in [-0.2, -0.15) is 5.26 Å². The van der Waals surface area contributed by atoms with Crippen molar-refractivity contribution in [2.45, 2.75) is 38.3 Å². The molecule has 2 fully saturated rings. The topological polar surface area (TPSA) is 39.5 Å². The van der Waals surface area contributed by atoms with E-state index in [-0.39, 0.29) is 0 Å². The zero-order valence-electron chi connectivity index (χ0n) is 13.9. The number of benzene rings is 1. The summed E-state index contributed by atoms with van der Waals surface area (Å²) < 4.78 is 6.08. The molecule has 0 radical (unpaired) electrons. The van der Waals surface area contributed by atoms with Crippen LogP contribution in [0.15, 0.2) is 24.3 Å². The number of rotatable bonds is 4. The fourth-order valence-electron chi connectivity index (χ4n) is 3.66. The van der Waals surface area contributed by atoms with Gasteiger partial charge in [-0.25, -0.2) is 0 Å². The number of hydrogen-bond donors (Lipinski definition) is 0. The number of ether oxygens (including phenoxy) is 1. The van der Waals surface area contributed by atoms with E-state index in [2.05, 4.69) is 21.9 Å². The van der Waals surface area contributed by atoms with E-state index in [1.165, 1.54) is 32.4 Å². The molecule has 0 aliphatic carbocycles. The zero-order valence-corrected chi connectivity index (χ0v) is 13.9. The molecular weight excluding hydrogens is 286 g/mol. The van der Waals surface area contributed by atoms with Gasteiger partial charge in [-0.1, -0.05) is 24.6 Å². The Morgan fingerprint density at radius 2 is 1.83 bits per heavy atom. The SMILES string of the molecule is N#Cc1ccccc1CN1CCCO[C@H](CN2CCCCC2)C1. The van der Waals surface area contributed by atoms with Crippen LogP contribution in [-0.4, -0.2) is 55.2 Å². The second-order valence-electron chi connectivity index (χ2n) is 6.71. The van der Waals surface area contributed by atoms with Gasteiger partial charge in [0.05, 0.1) is 17.7 Å². The number of hydrogen-bond acceptors (Lipinski definition) is 4. The number of nitriles is 1. The van der Waals surface area contributed by atoms with Crippen LogP contribution in [0.1, 0.15) is 36.8 Å². The highest BCUT2D eigenvalue weighted by molar-refractivity contribution is 5.37. The fraction of sp³-hybridized carbons (Fsp3) is 0.632. The maximum absolute atomic E-state index is 9.27. The molecule has 124 valence electrons. The summed E-state index contributed by atoms with van der Waals surface area (Å²) in [5, 5.41) is 9.27. The van der Waals surface area contributed by atoms with Gasteiger partial charge in [-0.15, -0.1) is 0 Å².